The number of ether oxygens (including phenoxy) is 3. The first-order chi connectivity index (χ1) is 6.77. The largest absolute Gasteiger partial charge is 0.493 e. The van der Waals surface area contributed by atoms with E-state index in [9.17, 15) is 4.39 Å². The van der Waals surface area contributed by atoms with Crippen LogP contribution in [0.2, 0.25) is 0 Å². The zero-order valence-corrected chi connectivity index (χ0v) is 7.33. The number of nitriles is 1. The zero-order chi connectivity index (χ0) is 10.1. The Hall–Kier alpha value is -1.96. The van der Waals surface area contributed by atoms with E-state index in [-0.39, 0.29) is 23.9 Å². The van der Waals surface area contributed by atoms with Gasteiger partial charge in [0, 0.05) is 6.07 Å². The lowest BCUT2D eigenvalue weighted by atomic mass is 10.2. The lowest BCUT2D eigenvalue weighted by Crippen LogP contribution is -1.94. The Kier molecular flexibility index (Phi) is 1.89. The van der Waals surface area contributed by atoms with Crippen molar-refractivity contribution in [2.75, 3.05) is 13.9 Å². The van der Waals surface area contributed by atoms with Gasteiger partial charge in [0.15, 0.2) is 23.1 Å². The van der Waals surface area contributed by atoms with Gasteiger partial charge in [0.1, 0.15) is 11.6 Å². The molecule has 0 atom stereocenters. The molecule has 1 aromatic carbocycles. The first-order valence-electron chi connectivity index (χ1n) is 3.84. The molecule has 4 nitrogen and oxygen atoms in total. The van der Waals surface area contributed by atoms with Crippen molar-refractivity contribution in [2.24, 2.45) is 0 Å². The van der Waals surface area contributed by atoms with E-state index in [1.54, 1.807) is 6.07 Å². The first-order valence-corrected chi connectivity index (χ1v) is 3.84. The number of hydrogen-bond donors (Lipinski definition) is 0. The lowest BCUT2D eigenvalue weighted by Gasteiger charge is -2.05. The van der Waals surface area contributed by atoms with Gasteiger partial charge in [-0.25, -0.2) is 4.39 Å². The van der Waals surface area contributed by atoms with E-state index in [0.29, 0.717) is 5.75 Å². The molecule has 0 aliphatic carbocycles. The summed E-state index contributed by atoms with van der Waals surface area (Å²) in [5.74, 6) is -0.268. The van der Waals surface area contributed by atoms with Crippen molar-refractivity contribution < 1.29 is 18.6 Å². The quantitative estimate of drug-likeness (QED) is 0.680. The Balaban J connectivity index is 2.68. The predicted molar refractivity (Wildman–Crippen MR) is 43.8 cm³/mol. The Labute approximate surface area is 79.4 Å². The molecule has 0 radical (unpaired) electrons. The SMILES string of the molecule is COc1cc2c(c(C#N)c1F)OCO2. The van der Waals surface area contributed by atoms with E-state index >= 15 is 0 Å². The standard InChI is InChI=1S/C9H6FNO3/c1-12-6-2-7-9(14-4-13-7)5(3-11)8(6)10/h2H,4H2,1H3. The summed E-state index contributed by atoms with van der Waals surface area (Å²) in [4.78, 5) is 0. The second kappa shape index (κ2) is 3.07. The fourth-order valence-corrected chi connectivity index (χ4v) is 1.24. The molecule has 1 heterocycles. The monoisotopic (exact) mass is 195 g/mol. The van der Waals surface area contributed by atoms with Crippen molar-refractivity contribution in [1.29, 1.82) is 5.26 Å². The molecular weight excluding hydrogens is 189 g/mol. The fourth-order valence-electron chi connectivity index (χ4n) is 1.24. The highest BCUT2D eigenvalue weighted by Gasteiger charge is 2.25. The third-order valence-electron chi connectivity index (χ3n) is 1.90. The van der Waals surface area contributed by atoms with Crippen LogP contribution in [0.4, 0.5) is 4.39 Å². The number of hydrogen-bond acceptors (Lipinski definition) is 4. The van der Waals surface area contributed by atoms with E-state index in [1.807, 2.05) is 0 Å². The maximum atomic E-state index is 13.4. The summed E-state index contributed by atoms with van der Waals surface area (Å²) in [7, 11) is 1.32. The first kappa shape index (κ1) is 8.63. The molecule has 5 heteroatoms. The van der Waals surface area contributed by atoms with Gasteiger partial charge in [0.25, 0.3) is 0 Å². The average Bonchev–Trinajstić information content (AvgIpc) is 2.64. The summed E-state index contributed by atoms with van der Waals surface area (Å²) in [6.07, 6.45) is 0. The summed E-state index contributed by atoms with van der Waals surface area (Å²) in [6.45, 7) is -0.00335. The van der Waals surface area contributed by atoms with Gasteiger partial charge in [-0.15, -0.1) is 0 Å². The second-order valence-corrected chi connectivity index (χ2v) is 2.61. The highest BCUT2D eigenvalue weighted by Crippen LogP contribution is 2.41. The number of benzene rings is 1. The van der Waals surface area contributed by atoms with Gasteiger partial charge in [0.2, 0.25) is 6.79 Å². The average molecular weight is 195 g/mol. The minimum absolute atomic E-state index is 0.00335. The predicted octanol–water partition coefficient (Wildman–Crippen LogP) is 1.43. The topological polar surface area (TPSA) is 51.5 Å². The van der Waals surface area contributed by atoms with Gasteiger partial charge < -0.3 is 14.2 Å². The number of methoxy groups -OCH3 is 1. The van der Waals surface area contributed by atoms with Crippen LogP contribution in [0.5, 0.6) is 17.2 Å². The maximum absolute atomic E-state index is 13.4. The molecular formula is C9H6FNO3. The van der Waals surface area contributed by atoms with Gasteiger partial charge in [-0.1, -0.05) is 0 Å². The molecule has 0 spiro atoms. The van der Waals surface area contributed by atoms with Crippen molar-refractivity contribution in [1.82, 2.24) is 0 Å². The van der Waals surface area contributed by atoms with Crippen LogP contribution in [-0.2, 0) is 0 Å². The lowest BCUT2D eigenvalue weighted by molar-refractivity contribution is 0.173. The van der Waals surface area contributed by atoms with Crippen LogP contribution in [0.1, 0.15) is 5.56 Å². The summed E-state index contributed by atoms with van der Waals surface area (Å²) in [5, 5.41) is 8.72. The van der Waals surface area contributed by atoms with Crippen molar-refractivity contribution in [3.63, 3.8) is 0 Å². The van der Waals surface area contributed by atoms with E-state index in [1.165, 1.54) is 13.2 Å². The van der Waals surface area contributed by atoms with Gasteiger partial charge >= 0.3 is 0 Å². The molecule has 0 fully saturated rings. The number of nitrogens with zero attached hydrogens (tertiary/aromatic N) is 1. The van der Waals surface area contributed by atoms with Crippen molar-refractivity contribution >= 4 is 0 Å². The minimum Gasteiger partial charge on any atom is -0.493 e. The summed E-state index contributed by atoms with van der Waals surface area (Å²) in [5.41, 5.74) is -0.183. The molecule has 0 N–H and O–H groups in total. The van der Waals surface area contributed by atoms with E-state index < -0.39 is 5.82 Å². The Morgan fingerprint density at radius 1 is 1.57 bits per heavy atom. The Bertz CT molecular complexity index is 424. The third-order valence-corrected chi connectivity index (χ3v) is 1.90. The van der Waals surface area contributed by atoms with Crippen molar-refractivity contribution in [2.45, 2.75) is 0 Å². The molecule has 1 aliphatic heterocycles. The Morgan fingerprint density at radius 3 is 3.00 bits per heavy atom. The summed E-state index contributed by atoms with van der Waals surface area (Å²) < 4.78 is 28.2. The van der Waals surface area contributed by atoms with Crippen molar-refractivity contribution in [3.05, 3.63) is 17.4 Å². The van der Waals surface area contributed by atoms with Crippen LogP contribution in [0.15, 0.2) is 6.07 Å². The van der Waals surface area contributed by atoms with Crippen LogP contribution < -0.4 is 14.2 Å². The van der Waals surface area contributed by atoms with Crippen LogP contribution in [0.25, 0.3) is 0 Å². The number of halogens is 1. The van der Waals surface area contributed by atoms with Crippen LogP contribution >= 0.6 is 0 Å². The van der Waals surface area contributed by atoms with Crippen molar-refractivity contribution in [3.8, 4) is 23.3 Å². The highest BCUT2D eigenvalue weighted by atomic mass is 19.1. The second-order valence-electron chi connectivity index (χ2n) is 2.61. The summed E-state index contributed by atoms with van der Waals surface area (Å²) >= 11 is 0. The molecule has 14 heavy (non-hydrogen) atoms. The van der Waals surface area contributed by atoms with E-state index in [2.05, 4.69) is 0 Å². The molecule has 1 aromatic rings. The van der Waals surface area contributed by atoms with Gasteiger partial charge in [0.05, 0.1) is 7.11 Å². The molecule has 72 valence electrons. The molecule has 0 unspecified atom stereocenters. The maximum Gasteiger partial charge on any atom is 0.231 e. The molecule has 1 aliphatic rings. The normalized spacial score (nSPS) is 12.4. The van der Waals surface area contributed by atoms with Crippen LogP contribution in [0.3, 0.4) is 0 Å². The van der Waals surface area contributed by atoms with Gasteiger partial charge in [-0.05, 0) is 0 Å². The summed E-state index contributed by atoms with van der Waals surface area (Å²) in [6, 6.07) is 3.07. The minimum atomic E-state index is -0.723. The van der Waals surface area contributed by atoms with Gasteiger partial charge in [-0.3, -0.25) is 0 Å². The smallest absolute Gasteiger partial charge is 0.231 e. The van der Waals surface area contributed by atoms with Crippen LogP contribution in [0, 0.1) is 17.1 Å². The Morgan fingerprint density at radius 2 is 2.36 bits per heavy atom. The molecule has 0 saturated heterocycles. The molecule has 0 saturated carbocycles. The molecule has 0 aromatic heterocycles. The zero-order valence-electron chi connectivity index (χ0n) is 7.33. The number of rotatable bonds is 1. The molecule has 2 rings (SSSR count). The van der Waals surface area contributed by atoms with Crippen LogP contribution in [-0.4, -0.2) is 13.9 Å². The van der Waals surface area contributed by atoms with Gasteiger partial charge in [-0.2, -0.15) is 5.26 Å². The third kappa shape index (κ3) is 1.04. The molecule has 0 bridgehead atoms. The number of fused-ring (bicyclic) bond motifs is 1. The van der Waals surface area contributed by atoms with E-state index in [0.717, 1.165) is 0 Å². The highest BCUT2D eigenvalue weighted by molar-refractivity contribution is 5.58. The molecule has 0 amide bonds. The van der Waals surface area contributed by atoms with E-state index in [4.69, 9.17) is 19.5 Å². The fraction of sp³-hybridized carbons (Fsp3) is 0.222.